The van der Waals surface area contributed by atoms with Gasteiger partial charge in [-0.05, 0) is 22.5 Å². The zero-order valence-corrected chi connectivity index (χ0v) is 13.8. The van der Waals surface area contributed by atoms with Crippen molar-refractivity contribution in [2.24, 2.45) is 0 Å². The fourth-order valence-electron chi connectivity index (χ4n) is 2.08. The molecule has 3 nitrogen and oxygen atoms in total. The second-order valence-electron chi connectivity index (χ2n) is 7.46. The highest BCUT2D eigenvalue weighted by atomic mass is 16.4. The van der Waals surface area contributed by atoms with E-state index in [0.29, 0.717) is 5.56 Å². The Morgan fingerprint density at radius 2 is 1.67 bits per heavy atom. The first-order valence-electron chi connectivity index (χ1n) is 7.19. The third-order valence-corrected chi connectivity index (χ3v) is 3.40. The lowest BCUT2D eigenvalue weighted by molar-refractivity contribution is -0.135. The number of benzene rings is 1. The molecule has 0 heterocycles. The molecule has 0 unspecified atom stereocenters. The zero-order chi connectivity index (χ0) is 16.4. The van der Waals surface area contributed by atoms with Gasteiger partial charge in [0, 0.05) is 11.1 Å². The summed E-state index contributed by atoms with van der Waals surface area (Å²) >= 11 is 0. The van der Waals surface area contributed by atoms with Gasteiger partial charge in [0.2, 0.25) is 0 Å². The van der Waals surface area contributed by atoms with Gasteiger partial charge < -0.3 is 10.2 Å². The van der Waals surface area contributed by atoms with E-state index in [1.807, 2.05) is 12.1 Å². The third kappa shape index (κ3) is 4.62. The molecule has 116 valence electrons. The normalized spacial score (nSPS) is 12.9. The summed E-state index contributed by atoms with van der Waals surface area (Å²) < 4.78 is 0. The van der Waals surface area contributed by atoms with E-state index in [9.17, 15) is 9.90 Å². The van der Waals surface area contributed by atoms with Crippen molar-refractivity contribution >= 4 is 12.0 Å². The van der Waals surface area contributed by atoms with Crippen LogP contribution in [-0.4, -0.2) is 16.2 Å². The zero-order valence-electron chi connectivity index (χ0n) is 13.8. The predicted molar refractivity (Wildman–Crippen MR) is 86.8 cm³/mol. The van der Waals surface area contributed by atoms with Crippen LogP contribution in [0.25, 0.3) is 6.08 Å². The summed E-state index contributed by atoms with van der Waals surface area (Å²) in [4.78, 5) is 10.6. The van der Waals surface area contributed by atoms with E-state index in [4.69, 9.17) is 5.11 Å². The fourth-order valence-corrected chi connectivity index (χ4v) is 2.08. The summed E-state index contributed by atoms with van der Waals surface area (Å²) in [5, 5.41) is 19.2. The molecule has 0 atom stereocenters. The van der Waals surface area contributed by atoms with Crippen LogP contribution in [0.2, 0.25) is 0 Å². The lowest BCUT2D eigenvalue weighted by Gasteiger charge is -2.27. The Kier molecular flexibility index (Phi) is 4.87. The molecule has 0 bridgehead atoms. The largest absolute Gasteiger partial charge is 0.507 e. The number of aliphatic carboxylic acids is 1. The van der Waals surface area contributed by atoms with E-state index >= 15 is 0 Å². The Labute approximate surface area is 127 Å². The maximum absolute atomic E-state index is 10.6. The minimum absolute atomic E-state index is 0.0386. The molecule has 0 saturated heterocycles. The molecule has 0 fully saturated rings. The molecule has 1 aromatic carbocycles. The van der Waals surface area contributed by atoms with E-state index in [1.54, 1.807) is 12.2 Å². The molecular weight excluding hydrogens is 264 g/mol. The van der Waals surface area contributed by atoms with Crippen molar-refractivity contribution in [3.63, 3.8) is 0 Å². The van der Waals surface area contributed by atoms with Crippen LogP contribution in [0.5, 0.6) is 5.75 Å². The number of carboxylic acid groups (broad SMARTS) is 1. The van der Waals surface area contributed by atoms with Crippen LogP contribution < -0.4 is 0 Å². The minimum Gasteiger partial charge on any atom is -0.507 e. The lowest BCUT2D eigenvalue weighted by atomic mass is 9.79. The van der Waals surface area contributed by atoms with Crippen molar-refractivity contribution in [3.05, 3.63) is 34.9 Å². The van der Waals surface area contributed by atoms with Gasteiger partial charge in [-0.25, -0.2) is 0 Å². The molecule has 0 aliphatic heterocycles. The third-order valence-electron chi connectivity index (χ3n) is 3.40. The Hall–Kier alpha value is -1.77. The van der Waals surface area contributed by atoms with Crippen LogP contribution in [0.4, 0.5) is 0 Å². The van der Waals surface area contributed by atoms with Crippen LogP contribution in [0.15, 0.2) is 18.2 Å². The number of carboxylic acids is 1. The van der Waals surface area contributed by atoms with E-state index in [-0.39, 0.29) is 23.0 Å². The van der Waals surface area contributed by atoms with Crippen LogP contribution >= 0.6 is 0 Å². The Bertz CT molecular complexity index is 555. The molecule has 3 heteroatoms. The average molecular weight is 290 g/mol. The summed E-state index contributed by atoms with van der Waals surface area (Å²) in [5.41, 5.74) is 2.46. The summed E-state index contributed by atoms with van der Waals surface area (Å²) in [5.74, 6) is -0.647. The minimum atomic E-state index is -0.881. The molecule has 21 heavy (non-hydrogen) atoms. The maximum Gasteiger partial charge on any atom is 0.307 e. The van der Waals surface area contributed by atoms with Gasteiger partial charge in [-0.3, -0.25) is 4.79 Å². The van der Waals surface area contributed by atoms with Gasteiger partial charge in [0.25, 0.3) is 0 Å². The van der Waals surface area contributed by atoms with Crippen LogP contribution in [0, 0.1) is 0 Å². The van der Waals surface area contributed by atoms with Gasteiger partial charge >= 0.3 is 5.97 Å². The molecule has 1 aromatic rings. The summed E-state index contributed by atoms with van der Waals surface area (Å²) in [7, 11) is 0. The predicted octanol–water partition coefficient (Wildman–Crippen LogP) is 4.48. The number of aromatic hydroxyl groups is 1. The van der Waals surface area contributed by atoms with E-state index in [1.165, 1.54) is 0 Å². The van der Waals surface area contributed by atoms with E-state index in [2.05, 4.69) is 41.5 Å². The van der Waals surface area contributed by atoms with Crippen molar-refractivity contribution in [1.29, 1.82) is 0 Å². The van der Waals surface area contributed by atoms with Gasteiger partial charge in [0.05, 0.1) is 6.42 Å². The Morgan fingerprint density at radius 1 is 1.10 bits per heavy atom. The molecule has 0 radical (unpaired) electrons. The highest BCUT2D eigenvalue weighted by Gasteiger charge is 2.24. The SMILES string of the molecule is CC(C)(C)c1cc(C=CCC(=O)O)c(O)c(C(C)(C)C)c1. The molecule has 0 amide bonds. The van der Waals surface area contributed by atoms with Crippen molar-refractivity contribution in [1.82, 2.24) is 0 Å². The second-order valence-corrected chi connectivity index (χ2v) is 7.46. The fraction of sp³-hybridized carbons (Fsp3) is 0.500. The highest BCUT2D eigenvalue weighted by Crippen LogP contribution is 2.38. The number of phenols is 1. The first-order chi connectivity index (χ1) is 9.43. The quantitative estimate of drug-likeness (QED) is 0.863. The number of hydrogen-bond acceptors (Lipinski definition) is 2. The van der Waals surface area contributed by atoms with Gasteiger partial charge in [-0.2, -0.15) is 0 Å². The van der Waals surface area contributed by atoms with Crippen LogP contribution in [0.3, 0.4) is 0 Å². The molecule has 2 N–H and O–H groups in total. The number of hydrogen-bond donors (Lipinski definition) is 2. The monoisotopic (exact) mass is 290 g/mol. The molecule has 0 spiro atoms. The molecule has 0 saturated carbocycles. The molecule has 1 rings (SSSR count). The van der Waals surface area contributed by atoms with Gasteiger partial charge in [-0.15, -0.1) is 0 Å². The smallest absolute Gasteiger partial charge is 0.307 e. The first-order valence-corrected chi connectivity index (χ1v) is 7.19. The van der Waals surface area contributed by atoms with Gasteiger partial charge in [-0.1, -0.05) is 59.8 Å². The molecule has 0 aliphatic carbocycles. The summed E-state index contributed by atoms with van der Waals surface area (Å²) in [6.45, 7) is 12.5. The van der Waals surface area contributed by atoms with Crippen molar-refractivity contribution in [2.75, 3.05) is 0 Å². The Morgan fingerprint density at radius 3 is 2.10 bits per heavy atom. The second kappa shape index (κ2) is 5.92. The molecule has 0 aromatic heterocycles. The summed E-state index contributed by atoms with van der Waals surface area (Å²) in [6, 6.07) is 3.98. The van der Waals surface area contributed by atoms with Crippen molar-refractivity contribution in [2.45, 2.75) is 58.8 Å². The Balaban J connectivity index is 3.42. The average Bonchev–Trinajstić information content (AvgIpc) is 2.27. The molecular formula is C18H26O3. The number of rotatable bonds is 3. The lowest BCUT2D eigenvalue weighted by Crippen LogP contribution is -2.17. The molecule has 0 aliphatic rings. The van der Waals surface area contributed by atoms with Crippen LogP contribution in [0.1, 0.15) is 64.7 Å². The van der Waals surface area contributed by atoms with Crippen molar-refractivity contribution < 1.29 is 15.0 Å². The van der Waals surface area contributed by atoms with Gasteiger partial charge in [0.15, 0.2) is 0 Å². The van der Waals surface area contributed by atoms with Gasteiger partial charge in [0.1, 0.15) is 5.75 Å². The van der Waals surface area contributed by atoms with Crippen molar-refractivity contribution in [3.8, 4) is 5.75 Å². The number of phenolic OH excluding ortho intramolecular Hbond substituents is 1. The van der Waals surface area contributed by atoms with E-state index < -0.39 is 5.97 Å². The summed E-state index contributed by atoms with van der Waals surface area (Å²) in [6.07, 6.45) is 3.20. The topological polar surface area (TPSA) is 57.5 Å². The number of carbonyl (C=O) groups is 1. The van der Waals surface area contributed by atoms with E-state index in [0.717, 1.165) is 11.1 Å². The van der Waals surface area contributed by atoms with Crippen LogP contribution in [-0.2, 0) is 15.6 Å². The standard InChI is InChI=1S/C18H26O3/c1-17(2,3)13-10-12(8-7-9-15(19)20)16(21)14(11-13)18(4,5)6/h7-8,10-11,21H,9H2,1-6H3,(H,19,20). The highest BCUT2D eigenvalue weighted by molar-refractivity contribution is 5.71. The maximum atomic E-state index is 10.6. The first kappa shape index (κ1) is 17.3.